The van der Waals surface area contributed by atoms with Crippen LogP contribution in [-0.4, -0.2) is 73.6 Å². The lowest BCUT2D eigenvalue weighted by Crippen LogP contribution is -2.40. The fourth-order valence-corrected chi connectivity index (χ4v) is 2.77. The third-order valence-corrected chi connectivity index (χ3v) is 4.07. The maximum absolute atomic E-state index is 14.4. The van der Waals surface area contributed by atoms with E-state index >= 15 is 0 Å². The number of carbonyl (C=O) groups excluding carboxylic acids is 1. The first-order chi connectivity index (χ1) is 11.4. The first-order valence-corrected chi connectivity index (χ1v) is 8.09. The predicted octanol–water partition coefficient (Wildman–Crippen LogP) is 1.51. The van der Waals surface area contributed by atoms with Gasteiger partial charge in [-0.25, -0.2) is 4.39 Å². The van der Waals surface area contributed by atoms with Crippen molar-refractivity contribution in [3.05, 3.63) is 29.6 Å². The van der Waals surface area contributed by atoms with E-state index < -0.39 is 24.2 Å². The van der Waals surface area contributed by atoms with Gasteiger partial charge in [-0.1, -0.05) is 0 Å². The average molecular weight is 337 g/mol. The van der Waals surface area contributed by atoms with E-state index in [0.29, 0.717) is 12.2 Å². The summed E-state index contributed by atoms with van der Waals surface area (Å²) in [5, 5.41) is 9.00. The Morgan fingerprint density at radius 2 is 1.88 bits per heavy atom. The van der Waals surface area contributed by atoms with E-state index in [1.807, 2.05) is 23.9 Å². The monoisotopic (exact) mass is 337 g/mol. The maximum Gasteiger partial charge on any atom is 0.323 e. The van der Waals surface area contributed by atoms with Crippen LogP contribution in [0.3, 0.4) is 0 Å². The van der Waals surface area contributed by atoms with Crippen LogP contribution in [0.2, 0.25) is 0 Å². The van der Waals surface area contributed by atoms with Gasteiger partial charge in [0.1, 0.15) is 12.4 Å². The van der Waals surface area contributed by atoms with Crippen molar-refractivity contribution < 1.29 is 19.1 Å². The molecule has 7 heteroatoms. The molecule has 1 amide bonds. The van der Waals surface area contributed by atoms with Gasteiger partial charge in [0, 0.05) is 31.7 Å². The molecular weight excluding hydrogens is 313 g/mol. The minimum Gasteiger partial charge on any atom is -0.480 e. The number of rotatable bonds is 7. The van der Waals surface area contributed by atoms with Crippen LogP contribution in [-0.2, 0) is 4.79 Å². The number of anilines is 1. The molecule has 0 aliphatic carbocycles. The topological polar surface area (TPSA) is 64.1 Å². The number of hydrogen-bond acceptors (Lipinski definition) is 4. The molecule has 0 aromatic heterocycles. The van der Waals surface area contributed by atoms with Crippen LogP contribution in [0, 0.1) is 5.82 Å². The number of carboxylic acids is 1. The van der Waals surface area contributed by atoms with E-state index in [2.05, 4.69) is 0 Å². The molecule has 1 fully saturated rings. The third kappa shape index (κ3) is 4.67. The quantitative estimate of drug-likeness (QED) is 0.817. The summed E-state index contributed by atoms with van der Waals surface area (Å²) in [6.07, 6.45) is 2.08. The summed E-state index contributed by atoms with van der Waals surface area (Å²) < 4.78 is 14.4. The van der Waals surface area contributed by atoms with Gasteiger partial charge in [0.25, 0.3) is 5.91 Å². The van der Waals surface area contributed by atoms with Crippen LogP contribution in [0.1, 0.15) is 23.2 Å². The van der Waals surface area contributed by atoms with Gasteiger partial charge in [-0.05, 0) is 45.1 Å². The Balaban J connectivity index is 2.15. The molecule has 1 aliphatic rings. The van der Waals surface area contributed by atoms with Crippen molar-refractivity contribution in [3.63, 3.8) is 0 Å². The number of nitrogens with zero attached hydrogens (tertiary/aromatic N) is 3. The second kappa shape index (κ2) is 8.10. The van der Waals surface area contributed by atoms with E-state index in [4.69, 9.17) is 5.11 Å². The van der Waals surface area contributed by atoms with Crippen molar-refractivity contribution in [2.45, 2.75) is 12.8 Å². The summed E-state index contributed by atoms with van der Waals surface area (Å²) in [5.41, 5.74) is 0.678. The zero-order valence-corrected chi connectivity index (χ0v) is 14.2. The lowest BCUT2D eigenvalue weighted by Gasteiger charge is -2.23. The minimum absolute atomic E-state index is 0.176. The molecular formula is C17H24FN3O3. The number of carboxylic acid groups (broad SMARTS) is 1. The van der Waals surface area contributed by atoms with Gasteiger partial charge >= 0.3 is 5.97 Å². The lowest BCUT2D eigenvalue weighted by molar-refractivity contribution is -0.137. The van der Waals surface area contributed by atoms with Gasteiger partial charge < -0.3 is 19.8 Å². The minimum atomic E-state index is -1.09. The molecule has 1 N–H and O–H groups in total. The first kappa shape index (κ1) is 18.2. The first-order valence-electron chi connectivity index (χ1n) is 8.09. The Morgan fingerprint density at radius 3 is 2.42 bits per heavy atom. The molecule has 0 radical (unpaired) electrons. The number of benzene rings is 1. The summed E-state index contributed by atoms with van der Waals surface area (Å²) in [6, 6.07) is 4.39. The zero-order chi connectivity index (χ0) is 17.7. The maximum atomic E-state index is 14.4. The number of amides is 1. The number of hydrogen-bond donors (Lipinski definition) is 1. The fourth-order valence-electron chi connectivity index (χ4n) is 2.77. The molecule has 1 saturated heterocycles. The van der Waals surface area contributed by atoms with Gasteiger partial charge in [-0.3, -0.25) is 9.59 Å². The molecule has 0 saturated carbocycles. The molecule has 24 heavy (non-hydrogen) atoms. The standard InChI is InChI=1S/C17H24FN3O3/c1-19(2)9-10-21(12-16(22)23)17(24)13-5-6-15(14(18)11-13)20-7-3-4-8-20/h5-6,11H,3-4,7-10,12H2,1-2H3,(H,22,23). The Bertz CT molecular complexity index is 601. The van der Waals surface area contributed by atoms with Crippen LogP contribution in [0.25, 0.3) is 0 Å². The predicted molar refractivity (Wildman–Crippen MR) is 89.9 cm³/mol. The van der Waals surface area contributed by atoms with Crippen molar-refractivity contribution >= 4 is 17.6 Å². The highest BCUT2D eigenvalue weighted by atomic mass is 19.1. The third-order valence-electron chi connectivity index (χ3n) is 4.07. The highest BCUT2D eigenvalue weighted by molar-refractivity contribution is 5.96. The van der Waals surface area contributed by atoms with Crippen LogP contribution in [0.5, 0.6) is 0 Å². The highest BCUT2D eigenvalue weighted by Gasteiger charge is 2.21. The van der Waals surface area contributed by atoms with Gasteiger partial charge in [0.05, 0.1) is 5.69 Å². The Morgan fingerprint density at radius 1 is 1.21 bits per heavy atom. The Labute approximate surface area is 141 Å². The zero-order valence-electron chi connectivity index (χ0n) is 14.2. The van der Waals surface area contributed by atoms with Crippen molar-refractivity contribution in [3.8, 4) is 0 Å². The summed E-state index contributed by atoms with van der Waals surface area (Å²) >= 11 is 0. The molecule has 2 rings (SSSR count). The van der Waals surface area contributed by atoms with Gasteiger partial charge in [0.15, 0.2) is 0 Å². The van der Waals surface area contributed by atoms with Crippen molar-refractivity contribution in [1.82, 2.24) is 9.80 Å². The van der Waals surface area contributed by atoms with Crippen molar-refractivity contribution in [2.75, 3.05) is 51.7 Å². The largest absolute Gasteiger partial charge is 0.480 e. The second-order valence-electron chi connectivity index (χ2n) is 6.28. The lowest BCUT2D eigenvalue weighted by atomic mass is 10.1. The van der Waals surface area contributed by atoms with Gasteiger partial charge in [0.2, 0.25) is 0 Å². The smallest absolute Gasteiger partial charge is 0.323 e. The molecule has 1 aliphatic heterocycles. The molecule has 132 valence electrons. The molecule has 0 atom stereocenters. The van der Waals surface area contributed by atoms with Crippen molar-refractivity contribution in [1.29, 1.82) is 0 Å². The fraction of sp³-hybridized carbons (Fsp3) is 0.529. The van der Waals surface area contributed by atoms with Crippen LogP contribution in [0.4, 0.5) is 10.1 Å². The summed E-state index contributed by atoms with van der Waals surface area (Å²) in [4.78, 5) is 28.6. The SMILES string of the molecule is CN(C)CCN(CC(=O)O)C(=O)c1ccc(N2CCCC2)c(F)c1. The number of halogens is 1. The summed E-state index contributed by atoms with van der Waals surface area (Å²) in [7, 11) is 3.68. The molecule has 1 heterocycles. The van der Waals surface area contributed by atoms with Crippen LogP contribution < -0.4 is 4.90 Å². The second-order valence-corrected chi connectivity index (χ2v) is 6.28. The Hall–Kier alpha value is -2.15. The average Bonchev–Trinajstić information content (AvgIpc) is 3.04. The van der Waals surface area contributed by atoms with E-state index in [1.54, 1.807) is 12.1 Å². The summed E-state index contributed by atoms with van der Waals surface area (Å²) in [5.74, 6) is -1.99. The highest BCUT2D eigenvalue weighted by Crippen LogP contribution is 2.24. The van der Waals surface area contributed by atoms with E-state index in [0.717, 1.165) is 25.9 Å². The molecule has 0 bridgehead atoms. The molecule has 1 aromatic carbocycles. The number of aliphatic carboxylic acids is 1. The molecule has 6 nitrogen and oxygen atoms in total. The van der Waals surface area contributed by atoms with E-state index in [9.17, 15) is 14.0 Å². The van der Waals surface area contributed by atoms with Crippen molar-refractivity contribution in [2.24, 2.45) is 0 Å². The number of carbonyl (C=O) groups is 2. The molecule has 0 spiro atoms. The van der Waals surface area contributed by atoms with E-state index in [-0.39, 0.29) is 12.1 Å². The van der Waals surface area contributed by atoms with Crippen LogP contribution >= 0.6 is 0 Å². The molecule has 0 unspecified atom stereocenters. The van der Waals surface area contributed by atoms with Gasteiger partial charge in [-0.15, -0.1) is 0 Å². The number of likely N-dealkylation sites (N-methyl/N-ethyl adjacent to an activating group) is 1. The normalized spacial score (nSPS) is 14.2. The Kier molecular flexibility index (Phi) is 6.14. The summed E-state index contributed by atoms with van der Waals surface area (Å²) in [6.45, 7) is 2.04. The van der Waals surface area contributed by atoms with E-state index in [1.165, 1.54) is 11.0 Å². The van der Waals surface area contributed by atoms with Crippen LogP contribution in [0.15, 0.2) is 18.2 Å². The van der Waals surface area contributed by atoms with Gasteiger partial charge in [-0.2, -0.15) is 0 Å². The molecule has 1 aromatic rings.